The molecule has 10 heteroatoms. The molecule has 0 radical (unpaired) electrons. The maximum atomic E-state index is 13.8. The summed E-state index contributed by atoms with van der Waals surface area (Å²) in [6, 6.07) is 13.2. The highest BCUT2D eigenvalue weighted by Crippen LogP contribution is 2.25. The minimum absolute atomic E-state index is 0.184. The van der Waals surface area contributed by atoms with Crippen LogP contribution in [0.3, 0.4) is 0 Å². The van der Waals surface area contributed by atoms with Gasteiger partial charge in [0.2, 0.25) is 0 Å². The standard InChI is InChI=1S/C23H23FN4O4S/c1-16-7-8-19(15-20(16)24)33(30,31)27-18-5-2-4-17(14-18)23(29)26-21-6-3-9-25-22(21)28-10-12-32-13-11-28/h2-9,14-15,27H,10-13H2,1H3,(H,26,29). The van der Waals surface area contributed by atoms with Crippen molar-refractivity contribution in [3.63, 3.8) is 0 Å². The normalized spacial score (nSPS) is 14.1. The Kier molecular flexibility index (Phi) is 6.57. The molecule has 33 heavy (non-hydrogen) atoms. The maximum absolute atomic E-state index is 13.8. The molecule has 0 saturated carbocycles. The molecule has 1 fully saturated rings. The summed E-state index contributed by atoms with van der Waals surface area (Å²) < 4.78 is 46.9. The van der Waals surface area contributed by atoms with Crippen molar-refractivity contribution in [1.82, 2.24) is 4.98 Å². The SMILES string of the molecule is Cc1ccc(S(=O)(=O)Nc2cccc(C(=O)Nc3cccnc3N3CCOCC3)c2)cc1F. The molecule has 0 bridgehead atoms. The van der Waals surface area contributed by atoms with Crippen molar-refractivity contribution in [2.24, 2.45) is 0 Å². The van der Waals surface area contributed by atoms with E-state index in [0.717, 1.165) is 6.07 Å². The molecule has 1 amide bonds. The number of morpholine rings is 1. The van der Waals surface area contributed by atoms with Gasteiger partial charge in [-0.2, -0.15) is 0 Å². The second-order valence-electron chi connectivity index (χ2n) is 7.53. The summed E-state index contributed by atoms with van der Waals surface area (Å²) in [6.45, 7) is 4.04. The Bertz CT molecular complexity index is 1280. The van der Waals surface area contributed by atoms with E-state index in [1.807, 2.05) is 4.90 Å². The Balaban J connectivity index is 1.52. The van der Waals surface area contributed by atoms with Gasteiger partial charge in [0.05, 0.1) is 23.8 Å². The van der Waals surface area contributed by atoms with Crippen LogP contribution in [-0.4, -0.2) is 45.6 Å². The predicted octanol–water partition coefficient (Wildman–Crippen LogP) is 3.42. The van der Waals surface area contributed by atoms with Crippen LogP contribution in [0, 0.1) is 12.7 Å². The topological polar surface area (TPSA) is 101 Å². The largest absolute Gasteiger partial charge is 0.378 e. The van der Waals surface area contributed by atoms with Crippen LogP contribution >= 0.6 is 0 Å². The van der Waals surface area contributed by atoms with Crippen molar-refractivity contribution >= 4 is 33.1 Å². The molecule has 172 valence electrons. The Hall–Kier alpha value is -3.50. The number of rotatable bonds is 6. The molecular formula is C23H23FN4O4S. The lowest BCUT2D eigenvalue weighted by Gasteiger charge is -2.29. The summed E-state index contributed by atoms with van der Waals surface area (Å²) in [5, 5.41) is 2.85. The molecule has 0 unspecified atom stereocenters. The quantitative estimate of drug-likeness (QED) is 0.573. The molecule has 0 aliphatic carbocycles. The Morgan fingerprint density at radius 1 is 1.09 bits per heavy atom. The van der Waals surface area contributed by atoms with Crippen LogP contribution in [0.15, 0.2) is 65.7 Å². The third-order valence-corrected chi connectivity index (χ3v) is 6.56. The second-order valence-corrected chi connectivity index (χ2v) is 9.21. The first-order chi connectivity index (χ1) is 15.8. The number of pyridine rings is 1. The fourth-order valence-corrected chi connectivity index (χ4v) is 4.46. The third kappa shape index (κ3) is 5.29. The van der Waals surface area contributed by atoms with Crippen LogP contribution < -0.4 is 14.9 Å². The maximum Gasteiger partial charge on any atom is 0.261 e. The minimum Gasteiger partial charge on any atom is -0.378 e. The molecule has 0 atom stereocenters. The van der Waals surface area contributed by atoms with Crippen molar-refractivity contribution in [1.29, 1.82) is 0 Å². The van der Waals surface area contributed by atoms with E-state index >= 15 is 0 Å². The fraction of sp³-hybridized carbons (Fsp3) is 0.217. The molecule has 2 N–H and O–H groups in total. The van der Waals surface area contributed by atoms with Gasteiger partial charge in [0.15, 0.2) is 5.82 Å². The first-order valence-corrected chi connectivity index (χ1v) is 11.8. The van der Waals surface area contributed by atoms with Gasteiger partial charge in [0.25, 0.3) is 15.9 Å². The van der Waals surface area contributed by atoms with Gasteiger partial charge in [0.1, 0.15) is 5.82 Å². The number of anilines is 3. The highest BCUT2D eigenvalue weighted by Gasteiger charge is 2.19. The van der Waals surface area contributed by atoms with E-state index in [0.29, 0.717) is 43.4 Å². The van der Waals surface area contributed by atoms with E-state index in [4.69, 9.17) is 4.74 Å². The lowest BCUT2D eigenvalue weighted by Crippen LogP contribution is -2.37. The number of ether oxygens (including phenoxy) is 1. The molecule has 0 spiro atoms. The van der Waals surface area contributed by atoms with E-state index in [-0.39, 0.29) is 16.1 Å². The van der Waals surface area contributed by atoms with E-state index in [9.17, 15) is 17.6 Å². The number of aryl methyl sites for hydroxylation is 1. The molecule has 1 aromatic heterocycles. The summed E-state index contributed by atoms with van der Waals surface area (Å²) in [5.74, 6) is -0.383. The van der Waals surface area contributed by atoms with Crippen molar-refractivity contribution in [2.75, 3.05) is 41.2 Å². The average molecular weight is 471 g/mol. The van der Waals surface area contributed by atoms with E-state index in [1.165, 1.54) is 24.3 Å². The Morgan fingerprint density at radius 2 is 1.88 bits per heavy atom. The number of hydrogen-bond acceptors (Lipinski definition) is 6. The average Bonchev–Trinajstić information content (AvgIpc) is 2.81. The summed E-state index contributed by atoms with van der Waals surface area (Å²) in [6.07, 6.45) is 1.66. The minimum atomic E-state index is -4.03. The molecule has 1 aliphatic rings. The number of aromatic nitrogens is 1. The zero-order valence-electron chi connectivity index (χ0n) is 17.9. The summed E-state index contributed by atoms with van der Waals surface area (Å²) in [5.41, 5.74) is 1.33. The second kappa shape index (κ2) is 9.55. The molecule has 2 aromatic carbocycles. The summed E-state index contributed by atoms with van der Waals surface area (Å²) in [4.78, 5) is 19.1. The lowest BCUT2D eigenvalue weighted by atomic mass is 10.2. The monoisotopic (exact) mass is 470 g/mol. The van der Waals surface area contributed by atoms with Gasteiger partial charge in [-0.15, -0.1) is 0 Å². The highest BCUT2D eigenvalue weighted by atomic mass is 32.2. The number of nitrogens with zero attached hydrogens (tertiary/aromatic N) is 2. The Labute approximate surface area is 191 Å². The van der Waals surface area contributed by atoms with Crippen LogP contribution in [0.5, 0.6) is 0 Å². The lowest BCUT2D eigenvalue weighted by molar-refractivity contribution is 0.102. The number of carbonyl (C=O) groups excluding carboxylic acids is 1. The number of carbonyl (C=O) groups is 1. The summed E-state index contributed by atoms with van der Waals surface area (Å²) >= 11 is 0. The number of amides is 1. The van der Waals surface area contributed by atoms with Gasteiger partial charge in [-0.25, -0.2) is 17.8 Å². The van der Waals surface area contributed by atoms with Crippen LogP contribution in [-0.2, 0) is 14.8 Å². The molecule has 3 aromatic rings. The number of nitrogens with one attached hydrogen (secondary N) is 2. The number of benzene rings is 2. The molecule has 1 saturated heterocycles. The predicted molar refractivity (Wildman–Crippen MR) is 124 cm³/mol. The zero-order chi connectivity index (χ0) is 23.4. The van der Waals surface area contributed by atoms with Crippen molar-refractivity contribution < 1.29 is 22.3 Å². The Morgan fingerprint density at radius 3 is 2.64 bits per heavy atom. The van der Waals surface area contributed by atoms with Crippen molar-refractivity contribution in [3.05, 3.63) is 77.7 Å². The smallest absolute Gasteiger partial charge is 0.261 e. The van der Waals surface area contributed by atoms with Crippen LogP contribution in [0.4, 0.5) is 21.6 Å². The molecule has 1 aliphatic heterocycles. The molecule has 2 heterocycles. The fourth-order valence-electron chi connectivity index (χ4n) is 3.39. The van der Waals surface area contributed by atoms with Gasteiger partial charge in [-0.3, -0.25) is 9.52 Å². The first kappa shape index (κ1) is 22.7. The van der Waals surface area contributed by atoms with Crippen LogP contribution in [0.25, 0.3) is 0 Å². The van der Waals surface area contributed by atoms with Gasteiger partial charge in [-0.05, 0) is 55.0 Å². The third-order valence-electron chi connectivity index (χ3n) is 5.18. The number of sulfonamides is 1. The number of hydrogen-bond donors (Lipinski definition) is 2. The van der Waals surface area contributed by atoms with Gasteiger partial charge in [0, 0.05) is 30.5 Å². The van der Waals surface area contributed by atoms with Crippen molar-refractivity contribution in [3.8, 4) is 0 Å². The highest BCUT2D eigenvalue weighted by molar-refractivity contribution is 7.92. The van der Waals surface area contributed by atoms with Crippen molar-refractivity contribution in [2.45, 2.75) is 11.8 Å². The van der Waals surface area contributed by atoms with Gasteiger partial charge in [-0.1, -0.05) is 12.1 Å². The van der Waals surface area contributed by atoms with Crippen LogP contribution in [0.1, 0.15) is 15.9 Å². The first-order valence-electron chi connectivity index (χ1n) is 10.3. The molecule has 8 nitrogen and oxygen atoms in total. The van der Waals surface area contributed by atoms with E-state index < -0.39 is 21.7 Å². The van der Waals surface area contributed by atoms with Gasteiger partial charge >= 0.3 is 0 Å². The van der Waals surface area contributed by atoms with Gasteiger partial charge < -0.3 is 15.0 Å². The summed E-state index contributed by atoms with van der Waals surface area (Å²) in [7, 11) is -4.03. The van der Waals surface area contributed by atoms with Crippen LogP contribution in [0.2, 0.25) is 0 Å². The van der Waals surface area contributed by atoms with E-state index in [1.54, 1.807) is 37.4 Å². The van der Waals surface area contributed by atoms with E-state index in [2.05, 4.69) is 15.0 Å². The molecular weight excluding hydrogens is 447 g/mol. The molecule has 4 rings (SSSR count). The zero-order valence-corrected chi connectivity index (χ0v) is 18.7. The number of halogens is 1.